The van der Waals surface area contributed by atoms with Crippen LogP contribution < -0.4 is 10.6 Å². The van der Waals surface area contributed by atoms with Crippen LogP contribution in [-0.4, -0.2) is 28.7 Å². The second-order valence-electron chi connectivity index (χ2n) is 8.27. The number of rotatable bonds is 3. The molecule has 0 saturated heterocycles. The fraction of sp³-hybridized carbons (Fsp3) is 0.208. The highest BCUT2D eigenvalue weighted by molar-refractivity contribution is 7.21. The van der Waals surface area contributed by atoms with Gasteiger partial charge in [-0.15, -0.1) is 11.3 Å². The van der Waals surface area contributed by atoms with E-state index in [1.807, 2.05) is 63.2 Å². The number of anilines is 2. The molecule has 158 valence electrons. The third-order valence-corrected chi connectivity index (χ3v) is 5.70. The number of nitrogen functional groups attached to an aromatic ring is 1. The number of pyridine rings is 1. The van der Waals surface area contributed by atoms with E-state index >= 15 is 0 Å². The Morgan fingerprint density at radius 3 is 2.32 bits per heavy atom. The Balaban J connectivity index is 1.51. The minimum atomic E-state index is -0.553. The van der Waals surface area contributed by atoms with Gasteiger partial charge in [0.25, 0.3) is 0 Å². The number of aromatic nitrogens is 2. The van der Waals surface area contributed by atoms with Gasteiger partial charge in [0, 0.05) is 30.1 Å². The van der Waals surface area contributed by atoms with Crippen molar-refractivity contribution in [1.29, 1.82) is 0 Å². The van der Waals surface area contributed by atoms with Crippen molar-refractivity contribution in [3.8, 4) is 21.7 Å². The van der Waals surface area contributed by atoms with Gasteiger partial charge in [0.1, 0.15) is 16.4 Å². The summed E-state index contributed by atoms with van der Waals surface area (Å²) in [6, 6.07) is 17.7. The quantitative estimate of drug-likeness (QED) is 0.403. The first-order valence-corrected chi connectivity index (χ1v) is 10.7. The molecule has 0 spiro atoms. The van der Waals surface area contributed by atoms with Gasteiger partial charge in [-0.2, -0.15) is 0 Å². The molecule has 0 radical (unpaired) electrons. The smallest absolute Gasteiger partial charge is 0.415 e. The molecule has 0 unspecified atom stereocenters. The average Bonchev–Trinajstić information content (AvgIpc) is 3.15. The second-order valence-corrected chi connectivity index (χ2v) is 9.30. The Bertz CT molecular complexity index is 1230. The Kier molecular flexibility index (Phi) is 5.37. The maximum Gasteiger partial charge on any atom is 0.415 e. The van der Waals surface area contributed by atoms with Crippen LogP contribution in [0.1, 0.15) is 20.8 Å². The van der Waals surface area contributed by atoms with E-state index in [1.54, 1.807) is 24.6 Å². The van der Waals surface area contributed by atoms with E-state index in [-0.39, 0.29) is 0 Å². The number of amides is 1. The first kappa shape index (κ1) is 20.8. The standard InChI is InChI=1S/C24H24N4O2S/c1-24(2,3)30-23(29)28(4)21-12-9-17(14-26-21)15-5-7-16(8-6-15)22-27-19-11-10-18(25)13-20(19)31-22/h5-14H,25H2,1-4H3. The van der Waals surface area contributed by atoms with Crippen LogP contribution in [0, 0.1) is 0 Å². The number of benzene rings is 2. The van der Waals surface area contributed by atoms with Crippen molar-refractivity contribution in [2.75, 3.05) is 17.7 Å². The van der Waals surface area contributed by atoms with E-state index < -0.39 is 11.7 Å². The zero-order valence-electron chi connectivity index (χ0n) is 17.9. The van der Waals surface area contributed by atoms with Gasteiger partial charge in [-0.3, -0.25) is 4.90 Å². The van der Waals surface area contributed by atoms with Gasteiger partial charge in [-0.1, -0.05) is 24.3 Å². The van der Waals surface area contributed by atoms with Crippen LogP contribution in [0.4, 0.5) is 16.3 Å². The molecule has 0 aliphatic heterocycles. The van der Waals surface area contributed by atoms with Crippen molar-refractivity contribution in [3.63, 3.8) is 0 Å². The summed E-state index contributed by atoms with van der Waals surface area (Å²) < 4.78 is 6.46. The highest BCUT2D eigenvalue weighted by Crippen LogP contribution is 2.32. The summed E-state index contributed by atoms with van der Waals surface area (Å²) in [5.41, 5.74) is 10.1. The Labute approximate surface area is 185 Å². The Hall–Kier alpha value is -3.45. The molecule has 1 amide bonds. The van der Waals surface area contributed by atoms with E-state index in [4.69, 9.17) is 15.5 Å². The SMILES string of the molecule is CN(C(=O)OC(C)(C)C)c1ccc(-c2ccc(-c3nc4ccc(N)cc4s3)cc2)cn1. The largest absolute Gasteiger partial charge is 0.443 e. The summed E-state index contributed by atoms with van der Waals surface area (Å²) in [6.45, 7) is 5.51. The number of thiazole rings is 1. The van der Waals surface area contributed by atoms with Crippen molar-refractivity contribution in [2.24, 2.45) is 0 Å². The maximum absolute atomic E-state index is 12.2. The van der Waals surface area contributed by atoms with Crippen molar-refractivity contribution >= 4 is 39.2 Å². The van der Waals surface area contributed by atoms with Crippen LogP contribution in [-0.2, 0) is 4.74 Å². The zero-order valence-corrected chi connectivity index (χ0v) is 18.7. The minimum absolute atomic E-state index is 0.435. The fourth-order valence-corrected chi connectivity index (χ4v) is 4.07. The average molecular weight is 433 g/mol. The molecule has 31 heavy (non-hydrogen) atoms. The van der Waals surface area contributed by atoms with Crippen LogP contribution >= 0.6 is 11.3 Å². The Morgan fingerprint density at radius 1 is 1.00 bits per heavy atom. The first-order chi connectivity index (χ1) is 14.7. The number of hydrogen-bond acceptors (Lipinski definition) is 6. The summed E-state index contributed by atoms with van der Waals surface area (Å²) in [7, 11) is 1.65. The summed E-state index contributed by atoms with van der Waals surface area (Å²) in [5.74, 6) is 0.531. The van der Waals surface area contributed by atoms with E-state index in [0.717, 1.165) is 37.6 Å². The lowest BCUT2D eigenvalue weighted by molar-refractivity contribution is 0.0588. The summed E-state index contributed by atoms with van der Waals surface area (Å²) in [6.07, 6.45) is 1.32. The molecule has 4 rings (SSSR count). The van der Waals surface area contributed by atoms with Gasteiger partial charge in [0.2, 0.25) is 0 Å². The van der Waals surface area contributed by atoms with Crippen LogP contribution in [0.15, 0.2) is 60.8 Å². The molecule has 0 fully saturated rings. The molecule has 4 aromatic rings. The second kappa shape index (κ2) is 8.00. The summed E-state index contributed by atoms with van der Waals surface area (Å²) in [4.78, 5) is 22.7. The molecule has 2 aromatic carbocycles. The number of nitrogens with zero attached hydrogens (tertiary/aromatic N) is 3. The molecule has 0 aliphatic carbocycles. The molecular formula is C24H24N4O2S. The lowest BCUT2D eigenvalue weighted by Gasteiger charge is -2.24. The van der Waals surface area contributed by atoms with Crippen LogP contribution in [0.2, 0.25) is 0 Å². The maximum atomic E-state index is 12.2. The zero-order chi connectivity index (χ0) is 22.2. The molecular weight excluding hydrogens is 408 g/mol. The summed E-state index contributed by atoms with van der Waals surface area (Å²) >= 11 is 1.63. The van der Waals surface area contributed by atoms with Crippen LogP contribution in [0.3, 0.4) is 0 Å². The predicted octanol–water partition coefficient (Wildman–Crippen LogP) is 5.98. The van der Waals surface area contributed by atoms with E-state index in [2.05, 4.69) is 17.1 Å². The molecule has 0 bridgehead atoms. The highest BCUT2D eigenvalue weighted by Gasteiger charge is 2.21. The number of fused-ring (bicyclic) bond motifs is 1. The van der Waals surface area contributed by atoms with Gasteiger partial charge in [0.05, 0.1) is 10.2 Å². The third-order valence-electron chi connectivity index (χ3n) is 4.64. The minimum Gasteiger partial charge on any atom is -0.443 e. The number of carbonyl (C=O) groups is 1. The topological polar surface area (TPSA) is 81.3 Å². The molecule has 7 heteroatoms. The molecule has 0 atom stereocenters. The lowest BCUT2D eigenvalue weighted by atomic mass is 10.1. The molecule has 2 aromatic heterocycles. The van der Waals surface area contributed by atoms with Crippen molar-refractivity contribution in [1.82, 2.24) is 9.97 Å². The summed E-state index contributed by atoms with van der Waals surface area (Å²) in [5, 5.41) is 0.958. The first-order valence-electron chi connectivity index (χ1n) is 9.89. The van der Waals surface area contributed by atoms with Crippen molar-refractivity contribution in [2.45, 2.75) is 26.4 Å². The van der Waals surface area contributed by atoms with E-state index in [1.165, 1.54) is 4.90 Å². The monoisotopic (exact) mass is 432 g/mol. The number of hydrogen-bond donors (Lipinski definition) is 1. The van der Waals surface area contributed by atoms with Gasteiger partial charge in [0.15, 0.2) is 0 Å². The molecule has 6 nitrogen and oxygen atoms in total. The number of nitrogens with two attached hydrogens (primary N) is 1. The number of carbonyl (C=O) groups excluding carboxylic acids is 1. The van der Waals surface area contributed by atoms with Crippen molar-refractivity contribution in [3.05, 3.63) is 60.8 Å². The Morgan fingerprint density at radius 2 is 1.68 bits per heavy atom. The lowest BCUT2D eigenvalue weighted by Crippen LogP contribution is -2.34. The van der Waals surface area contributed by atoms with E-state index in [0.29, 0.717) is 5.82 Å². The van der Waals surface area contributed by atoms with Gasteiger partial charge in [-0.25, -0.2) is 14.8 Å². The van der Waals surface area contributed by atoms with Crippen LogP contribution in [0.25, 0.3) is 31.9 Å². The molecule has 0 saturated carbocycles. The number of ether oxygens (including phenoxy) is 1. The van der Waals surface area contributed by atoms with Gasteiger partial charge < -0.3 is 10.5 Å². The third kappa shape index (κ3) is 4.67. The van der Waals surface area contributed by atoms with Crippen molar-refractivity contribution < 1.29 is 9.53 Å². The van der Waals surface area contributed by atoms with Gasteiger partial charge in [-0.05, 0) is 56.7 Å². The predicted molar refractivity (Wildman–Crippen MR) is 127 cm³/mol. The molecule has 2 heterocycles. The highest BCUT2D eigenvalue weighted by atomic mass is 32.1. The normalized spacial score (nSPS) is 11.5. The molecule has 2 N–H and O–H groups in total. The van der Waals surface area contributed by atoms with Crippen LogP contribution in [0.5, 0.6) is 0 Å². The van der Waals surface area contributed by atoms with E-state index in [9.17, 15) is 4.79 Å². The molecule has 0 aliphatic rings. The van der Waals surface area contributed by atoms with Gasteiger partial charge >= 0.3 is 6.09 Å². The fourth-order valence-electron chi connectivity index (χ4n) is 3.05.